The minimum atomic E-state index is -0.148. The van der Waals surface area contributed by atoms with E-state index in [1.54, 1.807) is 23.3 Å². The lowest BCUT2D eigenvalue weighted by atomic mass is 10.1. The molecule has 120 valence electrons. The lowest BCUT2D eigenvalue weighted by Crippen LogP contribution is -2.59. The zero-order chi connectivity index (χ0) is 15.8. The third kappa shape index (κ3) is 2.94. The third-order valence-electron chi connectivity index (χ3n) is 4.42. The number of nitrogens with zero attached hydrogens (tertiary/aromatic N) is 6. The maximum absolute atomic E-state index is 12.2. The van der Waals surface area contributed by atoms with Gasteiger partial charge in [-0.15, -0.1) is 5.10 Å². The number of hydrogen-bond acceptors (Lipinski definition) is 6. The van der Waals surface area contributed by atoms with Crippen molar-refractivity contribution in [3.63, 3.8) is 0 Å². The van der Waals surface area contributed by atoms with Gasteiger partial charge in [0.2, 0.25) is 0 Å². The van der Waals surface area contributed by atoms with E-state index >= 15 is 0 Å². The Morgan fingerprint density at radius 3 is 2.74 bits per heavy atom. The number of likely N-dealkylation sites (tertiary alicyclic amines) is 1. The first-order valence-corrected chi connectivity index (χ1v) is 7.94. The number of carbonyl (C=O) groups excluding carboxylic acids is 1. The summed E-state index contributed by atoms with van der Waals surface area (Å²) in [6.07, 6.45) is 7.49. The monoisotopic (exact) mass is 313 g/mol. The van der Waals surface area contributed by atoms with Gasteiger partial charge in [-0.05, 0) is 25.8 Å². The molecule has 0 bridgehead atoms. The molecule has 4 rings (SSSR count). The Labute approximate surface area is 133 Å². The fourth-order valence-electron chi connectivity index (χ4n) is 2.77. The molecule has 1 unspecified atom stereocenters. The Hall–Kier alpha value is -2.35. The van der Waals surface area contributed by atoms with Crippen LogP contribution in [0.1, 0.15) is 48.2 Å². The summed E-state index contributed by atoms with van der Waals surface area (Å²) in [7, 11) is 0. The smallest absolute Gasteiger partial charge is 0.273 e. The normalized spacial score (nSPS) is 20.0. The van der Waals surface area contributed by atoms with Gasteiger partial charge >= 0.3 is 0 Å². The molecule has 8 heteroatoms. The van der Waals surface area contributed by atoms with Gasteiger partial charge in [-0.25, -0.2) is 14.6 Å². The fraction of sp³-hybridized carbons (Fsp3) is 0.533. The topological polar surface area (TPSA) is 88.8 Å². The Bertz CT molecular complexity index is 691. The first-order chi connectivity index (χ1) is 11.2. The van der Waals surface area contributed by atoms with Gasteiger partial charge in [-0.3, -0.25) is 9.69 Å². The summed E-state index contributed by atoms with van der Waals surface area (Å²) in [5.41, 5.74) is 0.398. The molecule has 1 aliphatic heterocycles. The molecule has 0 aromatic carbocycles. The molecular weight excluding hydrogens is 294 g/mol. The molecule has 1 N–H and O–H groups in total. The first kappa shape index (κ1) is 14.3. The number of nitrogens with one attached hydrogen (secondary N) is 1. The number of rotatable bonds is 5. The lowest BCUT2D eigenvalue weighted by Gasteiger charge is -2.42. The summed E-state index contributed by atoms with van der Waals surface area (Å²) in [5, 5.41) is 11.0. The summed E-state index contributed by atoms with van der Waals surface area (Å²) in [5.74, 6) is 0.662. The zero-order valence-corrected chi connectivity index (χ0v) is 13.0. The first-order valence-electron chi connectivity index (χ1n) is 7.94. The summed E-state index contributed by atoms with van der Waals surface area (Å²) >= 11 is 0. The second-order valence-electron chi connectivity index (χ2n) is 6.22. The van der Waals surface area contributed by atoms with Crippen molar-refractivity contribution < 1.29 is 4.79 Å². The van der Waals surface area contributed by atoms with Crippen LogP contribution in [0.4, 0.5) is 0 Å². The van der Waals surface area contributed by atoms with Crippen LogP contribution in [0.5, 0.6) is 0 Å². The molecule has 1 saturated carbocycles. The molecular formula is C15H19N7O. The lowest BCUT2D eigenvalue weighted by molar-refractivity contribution is 0.0652. The summed E-state index contributed by atoms with van der Waals surface area (Å²) < 4.78 is 1.79. The molecule has 0 radical (unpaired) electrons. The third-order valence-corrected chi connectivity index (χ3v) is 4.42. The largest absolute Gasteiger partial charge is 0.345 e. The molecule has 3 heterocycles. The predicted molar refractivity (Wildman–Crippen MR) is 81.6 cm³/mol. The number of amides is 1. The fourth-order valence-corrected chi connectivity index (χ4v) is 2.77. The van der Waals surface area contributed by atoms with Gasteiger partial charge < -0.3 is 5.32 Å². The number of carbonyl (C=O) groups is 1. The highest BCUT2D eigenvalue weighted by Crippen LogP contribution is 2.33. The predicted octanol–water partition coefficient (Wildman–Crippen LogP) is 0.578. The maximum atomic E-state index is 12.2. The number of hydrogen-bond donors (Lipinski definition) is 1. The van der Waals surface area contributed by atoms with Gasteiger partial charge in [0.15, 0.2) is 5.69 Å². The van der Waals surface area contributed by atoms with Gasteiger partial charge in [0, 0.05) is 25.5 Å². The molecule has 1 amide bonds. The molecule has 23 heavy (non-hydrogen) atoms. The molecule has 8 nitrogen and oxygen atoms in total. The molecule has 1 saturated heterocycles. The molecule has 2 aliphatic rings. The van der Waals surface area contributed by atoms with E-state index in [2.05, 4.69) is 37.4 Å². The van der Waals surface area contributed by atoms with E-state index in [-0.39, 0.29) is 18.0 Å². The van der Waals surface area contributed by atoms with Crippen molar-refractivity contribution in [1.29, 1.82) is 0 Å². The van der Waals surface area contributed by atoms with Crippen molar-refractivity contribution in [2.45, 2.75) is 37.9 Å². The average Bonchev–Trinajstić information content (AvgIpc) is 3.27. The summed E-state index contributed by atoms with van der Waals surface area (Å²) in [6, 6.07) is 2.54. The van der Waals surface area contributed by atoms with E-state index in [4.69, 9.17) is 0 Å². The van der Waals surface area contributed by atoms with Crippen LogP contribution < -0.4 is 5.32 Å². The second-order valence-corrected chi connectivity index (χ2v) is 6.22. The van der Waals surface area contributed by atoms with Crippen molar-refractivity contribution in [3.05, 3.63) is 36.2 Å². The summed E-state index contributed by atoms with van der Waals surface area (Å²) in [6.45, 7) is 3.67. The van der Waals surface area contributed by atoms with E-state index in [0.29, 0.717) is 11.7 Å². The van der Waals surface area contributed by atoms with Crippen molar-refractivity contribution in [1.82, 2.24) is 35.2 Å². The van der Waals surface area contributed by atoms with Crippen LogP contribution in [0.15, 0.2) is 24.7 Å². The van der Waals surface area contributed by atoms with Crippen molar-refractivity contribution in [2.75, 3.05) is 13.1 Å². The molecule has 0 spiro atoms. The van der Waals surface area contributed by atoms with Gasteiger partial charge in [0.05, 0.1) is 24.3 Å². The van der Waals surface area contributed by atoms with Crippen molar-refractivity contribution in [3.8, 4) is 0 Å². The molecule has 2 aromatic heterocycles. The molecule has 2 aromatic rings. The van der Waals surface area contributed by atoms with Gasteiger partial charge in [-0.2, -0.15) is 0 Å². The second kappa shape index (κ2) is 5.69. The van der Waals surface area contributed by atoms with Gasteiger partial charge in [-0.1, -0.05) is 5.21 Å². The van der Waals surface area contributed by atoms with E-state index in [1.165, 1.54) is 0 Å². The van der Waals surface area contributed by atoms with E-state index in [1.807, 2.05) is 6.07 Å². The van der Waals surface area contributed by atoms with Crippen LogP contribution in [0.2, 0.25) is 0 Å². The maximum Gasteiger partial charge on any atom is 0.273 e. The highest BCUT2D eigenvalue weighted by molar-refractivity contribution is 5.92. The van der Waals surface area contributed by atoms with Crippen molar-refractivity contribution in [2.24, 2.45) is 0 Å². The van der Waals surface area contributed by atoms with E-state index in [0.717, 1.165) is 31.8 Å². The molecule has 2 fully saturated rings. The minimum absolute atomic E-state index is 0.139. The minimum Gasteiger partial charge on any atom is -0.345 e. The highest BCUT2D eigenvalue weighted by atomic mass is 16.2. The van der Waals surface area contributed by atoms with Gasteiger partial charge in [0.25, 0.3) is 5.91 Å². The summed E-state index contributed by atoms with van der Waals surface area (Å²) in [4.78, 5) is 23.0. The van der Waals surface area contributed by atoms with Crippen LogP contribution in [-0.4, -0.2) is 54.9 Å². The van der Waals surface area contributed by atoms with Crippen LogP contribution in [0.25, 0.3) is 0 Å². The van der Waals surface area contributed by atoms with Crippen molar-refractivity contribution >= 4 is 5.91 Å². The quantitative estimate of drug-likeness (QED) is 0.868. The van der Waals surface area contributed by atoms with Crippen LogP contribution in [0, 0.1) is 0 Å². The Kier molecular flexibility index (Phi) is 3.53. The SMILES string of the molecule is CC(c1ncccn1)N1CC(NC(=O)c2cn(C3CC3)nn2)C1. The Balaban J connectivity index is 1.29. The van der Waals surface area contributed by atoms with E-state index in [9.17, 15) is 4.79 Å². The van der Waals surface area contributed by atoms with Crippen LogP contribution in [-0.2, 0) is 0 Å². The standard InChI is InChI=1S/C15H19N7O/c1-10(14-16-5-2-6-17-14)21-7-11(8-21)18-15(23)13-9-22(20-19-13)12-3-4-12/h2,5-6,9-12H,3-4,7-8H2,1H3,(H,18,23). The Morgan fingerprint density at radius 2 is 2.04 bits per heavy atom. The average molecular weight is 313 g/mol. The highest BCUT2D eigenvalue weighted by Gasteiger charge is 2.33. The molecule has 1 atom stereocenters. The zero-order valence-electron chi connectivity index (χ0n) is 13.0. The van der Waals surface area contributed by atoms with Crippen LogP contribution >= 0.6 is 0 Å². The van der Waals surface area contributed by atoms with E-state index < -0.39 is 0 Å². The van der Waals surface area contributed by atoms with Gasteiger partial charge in [0.1, 0.15) is 5.82 Å². The van der Waals surface area contributed by atoms with Crippen LogP contribution in [0.3, 0.4) is 0 Å². The Morgan fingerprint density at radius 1 is 1.30 bits per heavy atom. The number of aromatic nitrogens is 5. The molecule has 1 aliphatic carbocycles.